The maximum Gasteiger partial charge on any atom is 0.321 e. The zero-order chi connectivity index (χ0) is 16.9. The monoisotopic (exact) mass is 310 g/mol. The Balaban J connectivity index is 3.33. The van der Waals surface area contributed by atoms with Gasteiger partial charge in [0, 0.05) is 5.41 Å². The fraction of sp³-hybridized carbons (Fsp3) is 0.529. The van der Waals surface area contributed by atoms with Gasteiger partial charge in [-0.2, -0.15) is 0 Å². The summed E-state index contributed by atoms with van der Waals surface area (Å²) in [5, 5.41) is 0. The second-order valence-electron chi connectivity index (χ2n) is 5.62. The smallest absolute Gasteiger partial charge is 0.321 e. The molecule has 0 unspecified atom stereocenters. The highest BCUT2D eigenvalue weighted by molar-refractivity contribution is 5.96. The highest BCUT2D eigenvalue weighted by Crippen LogP contribution is 2.36. The number of benzene rings is 1. The molecule has 5 heteroatoms. The number of rotatable bonds is 6. The van der Waals surface area contributed by atoms with Crippen molar-refractivity contribution >= 4 is 11.9 Å². The van der Waals surface area contributed by atoms with Crippen molar-refractivity contribution in [1.29, 1.82) is 0 Å². The molecule has 122 valence electrons. The summed E-state index contributed by atoms with van der Waals surface area (Å²) in [6, 6.07) is 4.32. The third-order valence-electron chi connectivity index (χ3n) is 3.66. The van der Waals surface area contributed by atoms with E-state index >= 15 is 0 Å². The maximum atomic E-state index is 13.6. The highest BCUT2D eigenvalue weighted by Gasteiger charge is 2.45. The van der Waals surface area contributed by atoms with Crippen molar-refractivity contribution in [3.8, 4) is 0 Å². The van der Waals surface area contributed by atoms with Gasteiger partial charge in [-0.1, -0.05) is 19.9 Å². The van der Waals surface area contributed by atoms with Crippen LogP contribution in [0.3, 0.4) is 0 Å². The number of hydrogen-bond donors (Lipinski definition) is 0. The van der Waals surface area contributed by atoms with Crippen molar-refractivity contribution in [3.63, 3.8) is 0 Å². The minimum Gasteiger partial charge on any atom is -0.465 e. The van der Waals surface area contributed by atoms with E-state index in [1.165, 1.54) is 12.1 Å². The van der Waals surface area contributed by atoms with E-state index in [1.807, 2.05) is 6.92 Å². The fourth-order valence-electron chi connectivity index (χ4n) is 2.58. The van der Waals surface area contributed by atoms with Gasteiger partial charge >= 0.3 is 11.9 Å². The van der Waals surface area contributed by atoms with Gasteiger partial charge in [-0.25, -0.2) is 4.39 Å². The molecule has 0 spiro atoms. The topological polar surface area (TPSA) is 52.6 Å². The largest absolute Gasteiger partial charge is 0.465 e. The Kier molecular flexibility index (Phi) is 6.09. The highest BCUT2D eigenvalue weighted by atomic mass is 19.1. The summed E-state index contributed by atoms with van der Waals surface area (Å²) in [5.74, 6) is -2.88. The van der Waals surface area contributed by atoms with Gasteiger partial charge in [0.2, 0.25) is 0 Å². The quantitative estimate of drug-likeness (QED) is 0.598. The van der Waals surface area contributed by atoms with Gasteiger partial charge in [0.25, 0.3) is 0 Å². The molecular weight excluding hydrogens is 287 g/mol. The number of halogens is 1. The minimum absolute atomic E-state index is 0.160. The van der Waals surface area contributed by atoms with Crippen LogP contribution < -0.4 is 0 Å². The SMILES string of the molecule is CCOC(=O)C(C(=O)OCC)C(C)(C)c1cc(F)ccc1C. The van der Waals surface area contributed by atoms with Crippen LogP contribution in [0.25, 0.3) is 0 Å². The van der Waals surface area contributed by atoms with Crippen LogP contribution in [0.4, 0.5) is 4.39 Å². The lowest BCUT2D eigenvalue weighted by atomic mass is 9.71. The molecule has 0 saturated heterocycles. The first kappa shape index (κ1) is 18.1. The number of hydrogen-bond acceptors (Lipinski definition) is 4. The lowest BCUT2D eigenvalue weighted by Gasteiger charge is -2.32. The Morgan fingerprint density at radius 3 is 2.09 bits per heavy atom. The first-order chi connectivity index (χ1) is 10.3. The van der Waals surface area contributed by atoms with E-state index in [0.29, 0.717) is 5.56 Å². The van der Waals surface area contributed by atoms with Crippen molar-refractivity contribution in [3.05, 3.63) is 35.1 Å². The second-order valence-corrected chi connectivity index (χ2v) is 5.62. The molecule has 4 nitrogen and oxygen atoms in total. The molecule has 1 aromatic carbocycles. The van der Waals surface area contributed by atoms with Gasteiger partial charge in [0.05, 0.1) is 13.2 Å². The molecule has 22 heavy (non-hydrogen) atoms. The fourth-order valence-corrected chi connectivity index (χ4v) is 2.58. The summed E-state index contributed by atoms with van der Waals surface area (Å²) in [4.78, 5) is 24.5. The van der Waals surface area contributed by atoms with Crippen molar-refractivity contribution in [2.24, 2.45) is 5.92 Å². The first-order valence-electron chi connectivity index (χ1n) is 7.35. The molecule has 0 aliphatic carbocycles. The summed E-state index contributed by atoms with van der Waals surface area (Å²) in [5.41, 5.74) is 0.425. The summed E-state index contributed by atoms with van der Waals surface area (Å²) in [7, 11) is 0. The van der Waals surface area contributed by atoms with Gasteiger partial charge in [0.1, 0.15) is 5.82 Å². The summed E-state index contributed by atoms with van der Waals surface area (Å²) >= 11 is 0. The van der Waals surface area contributed by atoms with Gasteiger partial charge in [-0.05, 0) is 44.0 Å². The zero-order valence-corrected chi connectivity index (χ0v) is 13.7. The zero-order valence-electron chi connectivity index (χ0n) is 13.7. The minimum atomic E-state index is -1.15. The standard InChI is InChI=1S/C17H23FO4/c1-6-21-15(19)14(16(20)22-7-2)17(4,5)13-10-12(18)9-8-11(13)3/h8-10,14H,6-7H2,1-5H3. The lowest BCUT2D eigenvalue weighted by molar-refractivity contribution is -0.164. The van der Waals surface area contributed by atoms with Gasteiger partial charge < -0.3 is 9.47 Å². The number of carbonyl (C=O) groups is 2. The van der Waals surface area contributed by atoms with E-state index in [1.54, 1.807) is 33.8 Å². The summed E-state index contributed by atoms with van der Waals surface area (Å²) in [6.45, 7) is 8.89. The van der Waals surface area contributed by atoms with Gasteiger partial charge in [-0.15, -0.1) is 0 Å². The molecule has 0 aromatic heterocycles. The van der Waals surface area contributed by atoms with Crippen LogP contribution in [0.1, 0.15) is 38.8 Å². The Morgan fingerprint density at radius 1 is 1.14 bits per heavy atom. The molecule has 0 N–H and O–H groups in total. The molecule has 0 fully saturated rings. The van der Waals surface area contributed by atoms with E-state index in [2.05, 4.69) is 0 Å². The van der Waals surface area contributed by atoms with E-state index in [9.17, 15) is 14.0 Å². The van der Waals surface area contributed by atoms with E-state index in [0.717, 1.165) is 5.56 Å². The number of aryl methyl sites for hydroxylation is 1. The number of ether oxygens (including phenoxy) is 2. The molecular formula is C17H23FO4. The normalized spacial score (nSPS) is 11.4. The first-order valence-corrected chi connectivity index (χ1v) is 7.35. The molecule has 0 amide bonds. The maximum absolute atomic E-state index is 13.6. The summed E-state index contributed by atoms with van der Waals surface area (Å²) in [6.07, 6.45) is 0. The third-order valence-corrected chi connectivity index (χ3v) is 3.66. The number of carbonyl (C=O) groups excluding carboxylic acids is 2. The molecule has 0 aliphatic heterocycles. The van der Waals surface area contributed by atoms with Crippen LogP contribution in [0.2, 0.25) is 0 Å². The molecule has 1 rings (SSSR count). The molecule has 0 aliphatic rings. The molecule has 0 atom stereocenters. The van der Waals surface area contributed by atoms with Gasteiger partial charge in [-0.3, -0.25) is 9.59 Å². The van der Waals surface area contributed by atoms with Crippen LogP contribution in [0, 0.1) is 18.7 Å². The Labute approximate surface area is 130 Å². The number of esters is 2. The van der Waals surface area contributed by atoms with E-state index < -0.39 is 29.1 Å². The van der Waals surface area contributed by atoms with Crippen LogP contribution >= 0.6 is 0 Å². The average molecular weight is 310 g/mol. The Bertz CT molecular complexity index is 534. The molecule has 0 saturated carbocycles. The third kappa shape index (κ3) is 3.84. The molecule has 0 radical (unpaired) electrons. The predicted molar refractivity (Wildman–Crippen MR) is 80.9 cm³/mol. The van der Waals surface area contributed by atoms with Crippen molar-refractivity contribution in [1.82, 2.24) is 0 Å². The van der Waals surface area contributed by atoms with E-state index in [-0.39, 0.29) is 13.2 Å². The Hall–Kier alpha value is -1.91. The van der Waals surface area contributed by atoms with Crippen LogP contribution in [-0.2, 0) is 24.5 Å². The predicted octanol–water partition coefficient (Wildman–Crippen LogP) is 3.15. The van der Waals surface area contributed by atoms with Crippen molar-refractivity contribution < 1.29 is 23.5 Å². The summed E-state index contributed by atoms with van der Waals surface area (Å²) < 4.78 is 23.6. The van der Waals surface area contributed by atoms with Crippen LogP contribution in [0.5, 0.6) is 0 Å². The van der Waals surface area contributed by atoms with Crippen molar-refractivity contribution in [2.45, 2.75) is 40.0 Å². The molecule has 0 heterocycles. The van der Waals surface area contributed by atoms with Crippen LogP contribution in [-0.4, -0.2) is 25.2 Å². The van der Waals surface area contributed by atoms with Gasteiger partial charge in [0.15, 0.2) is 5.92 Å². The second kappa shape index (κ2) is 7.38. The molecule has 0 bridgehead atoms. The molecule has 1 aromatic rings. The van der Waals surface area contributed by atoms with Crippen molar-refractivity contribution in [2.75, 3.05) is 13.2 Å². The van der Waals surface area contributed by atoms with Crippen LogP contribution in [0.15, 0.2) is 18.2 Å². The Morgan fingerprint density at radius 2 is 1.64 bits per heavy atom. The van der Waals surface area contributed by atoms with E-state index in [4.69, 9.17) is 9.47 Å². The average Bonchev–Trinajstić information content (AvgIpc) is 2.41. The lowest BCUT2D eigenvalue weighted by Crippen LogP contribution is -2.43.